The highest BCUT2D eigenvalue weighted by atomic mass is 32.2. The third-order valence-electron chi connectivity index (χ3n) is 2.52. The molecule has 0 bridgehead atoms. The van der Waals surface area contributed by atoms with E-state index in [0.717, 1.165) is 17.3 Å². The first-order chi connectivity index (χ1) is 7.27. The highest BCUT2D eigenvalue weighted by Crippen LogP contribution is 2.23. The molecule has 3 heteroatoms. The van der Waals surface area contributed by atoms with Gasteiger partial charge in [0.15, 0.2) is 5.16 Å². The standard InChI is InChI=1S/C12H18N2S/c1-4-11(5-2)10(3)9-15-12-13-7-6-8-14-12/h4,6-8,10-11H,1,5,9H2,2-3H3/t10-,11-/m1/s1. The third kappa shape index (κ3) is 4.04. The summed E-state index contributed by atoms with van der Waals surface area (Å²) in [5.74, 6) is 2.27. The average Bonchev–Trinajstić information content (AvgIpc) is 2.29. The van der Waals surface area contributed by atoms with E-state index in [0.29, 0.717) is 11.8 Å². The Morgan fingerprint density at radius 3 is 2.67 bits per heavy atom. The predicted octanol–water partition coefficient (Wildman–Crippen LogP) is 3.42. The predicted molar refractivity (Wildman–Crippen MR) is 65.9 cm³/mol. The van der Waals surface area contributed by atoms with Crippen LogP contribution in [0.2, 0.25) is 0 Å². The van der Waals surface area contributed by atoms with Crippen molar-refractivity contribution in [3.8, 4) is 0 Å². The normalized spacial score (nSPS) is 14.5. The van der Waals surface area contributed by atoms with Gasteiger partial charge in [0.2, 0.25) is 0 Å². The molecule has 0 saturated carbocycles. The van der Waals surface area contributed by atoms with Crippen molar-refractivity contribution < 1.29 is 0 Å². The monoisotopic (exact) mass is 222 g/mol. The van der Waals surface area contributed by atoms with Crippen LogP contribution in [0.1, 0.15) is 20.3 Å². The number of rotatable bonds is 6. The van der Waals surface area contributed by atoms with Crippen molar-refractivity contribution in [2.45, 2.75) is 25.4 Å². The van der Waals surface area contributed by atoms with E-state index in [2.05, 4.69) is 36.5 Å². The molecule has 82 valence electrons. The van der Waals surface area contributed by atoms with Crippen LogP contribution in [-0.2, 0) is 0 Å². The minimum absolute atomic E-state index is 0.598. The van der Waals surface area contributed by atoms with Crippen LogP contribution in [0.5, 0.6) is 0 Å². The molecule has 0 radical (unpaired) electrons. The van der Waals surface area contributed by atoms with Gasteiger partial charge in [-0.25, -0.2) is 9.97 Å². The molecule has 0 unspecified atom stereocenters. The van der Waals surface area contributed by atoms with Crippen LogP contribution in [0.25, 0.3) is 0 Å². The fraction of sp³-hybridized carbons (Fsp3) is 0.500. The van der Waals surface area contributed by atoms with Crippen LogP contribution in [0.3, 0.4) is 0 Å². The highest BCUT2D eigenvalue weighted by molar-refractivity contribution is 7.99. The second kappa shape index (κ2) is 6.62. The van der Waals surface area contributed by atoms with Crippen LogP contribution >= 0.6 is 11.8 Å². The summed E-state index contributed by atoms with van der Waals surface area (Å²) in [5.41, 5.74) is 0. The summed E-state index contributed by atoms with van der Waals surface area (Å²) in [7, 11) is 0. The molecule has 2 atom stereocenters. The van der Waals surface area contributed by atoms with Crippen molar-refractivity contribution in [3.63, 3.8) is 0 Å². The molecule has 0 spiro atoms. The van der Waals surface area contributed by atoms with Gasteiger partial charge in [0.1, 0.15) is 0 Å². The molecule has 0 amide bonds. The van der Waals surface area contributed by atoms with E-state index in [1.54, 1.807) is 24.2 Å². The summed E-state index contributed by atoms with van der Waals surface area (Å²) in [5, 5.41) is 0.864. The Hall–Kier alpha value is -0.830. The zero-order valence-corrected chi connectivity index (χ0v) is 10.2. The molecule has 2 nitrogen and oxygen atoms in total. The summed E-state index contributed by atoms with van der Waals surface area (Å²) >= 11 is 1.72. The molecular formula is C12H18N2S. The molecule has 0 aromatic carbocycles. The van der Waals surface area contributed by atoms with Crippen LogP contribution < -0.4 is 0 Å². The van der Waals surface area contributed by atoms with Gasteiger partial charge in [-0.15, -0.1) is 6.58 Å². The Labute approximate surface area is 96.2 Å². The summed E-state index contributed by atoms with van der Waals surface area (Å²) in [6.45, 7) is 8.32. The summed E-state index contributed by atoms with van der Waals surface area (Å²) < 4.78 is 0. The molecule has 0 aliphatic carbocycles. The zero-order chi connectivity index (χ0) is 11.1. The fourth-order valence-corrected chi connectivity index (χ4v) is 2.42. The van der Waals surface area contributed by atoms with Gasteiger partial charge in [-0.05, 0) is 24.3 Å². The second-order valence-electron chi connectivity index (χ2n) is 3.63. The van der Waals surface area contributed by atoms with E-state index in [1.165, 1.54) is 0 Å². The lowest BCUT2D eigenvalue weighted by Gasteiger charge is -2.17. The minimum atomic E-state index is 0.598. The molecule has 0 N–H and O–H groups in total. The lowest BCUT2D eigenvalue weighted by molar-refractivity contribution is 0.461. The number of aromatic nitrogens is 2. The number of hydrogen-bond donors (Lipinski definition) is 0. The van der Waals surface area contributed by atoms with Gasteiger partial charge in [0, 0.05) is 18.1 Å². The molecule has 15 heavy (non-hydrogen) atoms. The Kier molecular flexibility index (Phi) is 5.40. The van der Waals surface area contributed by atoms with Crippen molar-refractivity contribution in [2.75, 3.05) is 5.75 Å². The first kappa shape index (κ1) is 12.2. The van der Waals surface area contributed by atoms with Crippen LogP contribution in [0.4, 0.5) is 0 Å². The van der Waals surface area contributed by atoms with E-state index in [-0.39, 0.29) is 0 Å². The molecule has 1 heterocycles. The van der Waals surface area contributed by atoms with Crippen molar-refractivity contribution in [3.05, 3.63) is 31.1 Å². The summed E-state index contributed by atoms with van der Waals surface area (Å²) in [6, 6.07) is 1.84. The highest BCUT2D eigenvalue weighted by Gasteiger charge is 2.12. The Balaban J connectivity index is 2.40. The molecule has 1 aromatic heterocycles. The maximum atomic E-state index is 4.19. The largest absolute Gasteiger partial charge is 0.231 e. The number of hydrogen-bond acceptors (Lipinski definition) is 3. The van der Waals surface area contributed by atoms with Gasteiger partial charge in [-0.2, -0.15) is 0 Å². The average molecular weight is 222 g/mol. The van der Waals surface area contributed by atoms with E-state index >= 15 is 0 Å². The number of allylic oxidation sites excluding steroid dienone is 1. The van der Waals surface area contributed by atoms with Gasteiger partial charge in [-0.3, -0.25) is 0 Å². The lowest BCUT2D eigenvalue weighted by Crippen LogP contribution is -2.10. The molecule has 0 saturated heterocycles. The minimum Gasteiger partial charge on any atom is -0.231 e. The van der Waals surface area contributed by atoms with E-state index in [9.17, 15) is 0 Å². The SMILES string of the molecule is C=C[C@H](CC)[C@H](C)CSc1ncccn1. The lowest BCUT2D eigenvalue weighted by atomic mass is 9.93. The van der Waals surface area contributed by atoms with Crippen molar-refractivity contribution in [2.24, 2.45) is 11.8 Å². The van der Waals surface area contributed by atoms with Gasteiger partial charge in [-0.1, -0.05) is 31.7 Å². The van der Waals surface area contributed by atoms with Gasteiger partial charge < -0.3 is 0 Å². The smallest absolute Gasteiger partial charge is 0.187 e. The third-order valence-corrected chi connectivity index (χ3v) is 3.68. The van der Waals surface area contributed by atoms with Gasteiger partial charge >= 0.3 is 0 Å². The van der Waals surface area contributed by atoms with Crippen LogP contribution in [0.15, 0.2) is 36.3 Å². The van der Waals surface area contributed by atoms with E-state index in [4.69, 9.17) is 0 Å². The molecule has 0 aliphatic rings. The molecule has 0 fully saturated rings. The first-order valence-electron chi connectivity index (χ1n) is 5.30. The summed E-state index contributed by atoms with van der Waals surface area (Å²) in [6.07, 6.45) is 6.77. The van der Waals surface area contributed by atoms with Crippen molar-refractivity contribution >= 4 is 11.8 Å². The van der Waals surface area contributed by atoms with Gasteiger partial charge in [0.25, 0.3) is 0 Å². The Morgan fingerprint density at radius 1 is 1.47 bits per heavy atom. The maximum absolute atomic E-state index is 4.19. The Morgan fingerprint density at radius 2 is 2.13 bits per heavy atom. The fourth-order valence-electron chi connectivity index (χ4n) is 1.49. The quantitative estimate of drug-likeness (QED) is 0.419. The van der Waals surface area contributed by atoms with Gasteiger partial charge in [0.05, 0.1) is 0 Å². The van der Waals surface area contributed by atoms with E-state index < -0.39 is 0 Å². The number of thioether (sulfide) groups is 1. The topological polar surface area (TPSA) is 25.8 Å². The van der Waals surface area contributed by atoms with Crippen molar-refractivity contribution in [1.29, 1.82) is 0 Å². The second-order valence-corrected chi connectivity index (χ2v) is 4.61. The van der Waals surface area contributed by atoms with Crippen LogP contribution in [0, 0.1) is 11.8 Å². The van der Waals surface area contributed by atoms with E-state index in [1.807, 2.05) is 6.07 Å². The Bertz CT molecular complexity index is 287. The molecule has 1 aromatic rings. The molecular weight excluding hydrogens is 204 g/mol. The summed E-state index contributed by atoms with van der Waals surface area (Å²) in [4.78, 5) is 8.38. The zero-order valence-electron chi connectivity index (χ0n) is 9.39. The van der Waals surface area contributed by atoms with Crippen molar-refractivity contribution in [1.82, 2.24) is 9.97 Å². The first-order valence-corrected chi connectivity index (χ1v) is 6.28. The maximum Gasteiger partial charge on any atom is 0.187 e. The van der Waals surface area contributed by atoms with Crippen LogP contribution in [-0.4, -0.2) is 15.7 Å². The molecule has 0 aliphatic heterocycles. The number of nitrogens with zero attached hydrogens (tertiary/aromatic N) is 2. The molecule has 1 rings (SSSR count).